The van der Waals surface area contributed by atoms with Crippen LogP contribution in [-0.4, -0.2) is 31.1 Å². The van der Waals surface area contributed by atoms with E-state index in [0.29, 0.717) is 17.9 Å². The van der Waals surface area contributed by atoms with E-state index in [1.807, 2.05) is 0 Å². The number of nitrogens with zero attached hydrogens (tertiary/aromatic N) is 3. The van der Waals surface area contributed by atoms with Crippen molar-refractivity contribution in [3.8, 4) is 0 Å². The van der Waals surface area contributed by atoms with E-state index in [-0.39, 0.29) is 13.0 Å². The number of hydrogen-bond acceptors (Lipinski definition) is 3. The summed E-state index contributed by atoms with van der Waals surface area (Å²) in [6.45, 7) is 0.0894. The molecule has 1 fully saturated rings. The minimum absolute atomic E-state index is 0.0894. The van der Waals surface area contributed by atoms with Gasteiger partial charge in [0.1, 0.15) is 23.9 Å². The van der Waals surface area contributed by atoms with Crippen LogP contribution in [0.4, 0.5) is 4.39 Å². The molecule has 0 spiro atoms. The van der Waals surface area contributed by atoms with Crippen molar-refractivity contribution in [2.45, 2.75) is 37.1 Å². The molecule has 4 nitrogen and oxygen atoms in total. The molecule has 0 radical (unpaired) electrons. The lowest BCUT2D eigenvalue weighted by Crippen LogP contribution is -2.47. The molecule has 0 amide bonds. The molecule has 6 heteroatoms. The van der Waals surface area contributed by atoms with Crippen molar-refractivity contribution >= 4 is 11.6 Å². The molecule has 1 unspecified atom stereocenters. The third-order valence-corrected chi connectivity index (χ3v) is 4.07. The number of aromatic nitrogens is 3. The summed E-state index contributed by atoms with van der Waals surface area (Å²) in [5, 5.41) is 15.4. The molecule has 0 bridgehead atoms. The highest BCUT2D eigenvalue weighted by molar-refractivity contribution is 6.30. The van der Waals surface area contributed by atoms with Crippen LogP contribution in [0, 0.1) is 0 Å². The van der Waals surface area contributed by atoms with Crippen molar-refractivity contribution in [1.82, 2.24) is 14.8 Å². The second-order valence-corrected chi connectivity index (χ2v) is 5.83. The van der Waals surface area contributed by atoms with Crippen LogP contribution < -0.4 is 0 Å². The van der Waals surface area contributed by atoms with Crippen LogP contribution in [0.15, 0.2) is 36.9 Å². The van der Waals surface area contributed by atoms with Crippen LogP contribution in [0.1, 0.15) is 18.4 Å². The molecule has 0 saturated heterocycles. The zero-order valence-electron chi connectivity index (χ0n) is 10.8. The van der Waals surface area contributed by atoms with E-state index in [0.717, 1.165) is 5.56 Å². The molecule has 0 aliphatic heterocycles. The maximum Gasteiger partial charge on any atom is 0.141 e. The maximum atomic E-state index is 14.6. The minimum Gasteiger partial charge on any atom is -0.384 e. The fraction of sp³-hybridized carbons (Fsp3) is 0.429. The molecule has 3 rings (SSSR count). The Morgan fingerprint density at radius 3 is 2.60 bits per heavy atom. The van der Waals surface area contributed by atoms with E-state index < -0.39 is 11.3 Å². The van der Waals surface area contributed by atoms with Gasteiger partial charge in [0.15, 0.2) is 0 Å². The number of halogens is 2. The molecule has 1 heterocycles. The Bertz CT molecular complexity index is 583. The van der Waals surface area contributed by atoms with Crippen molar-refractivity contribution in [2.24, 2.45) is 0 Å². The molecule has 1 saturated carbocycles. The summed E-state index contributed by atoms with van der Waals surface area (Å²) in [5.41, 5.74) is -2.17. The molecule has 1 aromatic heterocycles. The van der Waals surface area contributed by atoms with Crippen molar-refractivity contribution in [3.05, 3.63) is 47.5 Å². The molecule has 2 aromatic rings. The van der Waals surface area contributed by atoms with Gasteiger partial charge in [-0.3, -0.25) is 0 Å². The van der Waals surface area contributed by atoms with Gasteiger partial charge < -0.3 is 5.11 Å². The molecular formula is C14H15ClFN3O. The van der Waals surface area contributed by atoms with Gasteiger partial charge in [-0.2, -0.15) is 5.10 Å². The van der Waals surface area contributed by atoms with Gasteiger partial charge >= 0.3 is 0 Å². The summed E-state index contributed by atoms with van der Waals surface area (Å²) < 4.78 is 16.0. The van der Waals surface area contributed by atoms with Gasteiger partial charge in [0.05, 0.1) is 6.54 Å². The summed E-state index contributed by atoms with van der Waals surface area (Å²) in [7, 11) is 0. The fourth-order valence-corrected chi connectivity index (χ4v) is 2.58. The Balaban J connectivity index is 1.84. The van der Waals surface area contributed by atoms with Gasteiger partial charge in [0.2, 0.25) is 0 Å². The summed E-state index contributed by atoms with van der Waals surface area (Å²) in [5.74, 6) is 0. The van der Waals surface area contributed by atoms with Gasteiger partial charge in [-0.15, -0.1) is 0 Å². The van der Waals surface area contributed by atoms with Crippen LogP contribution in [0.5, 0.6) is 0 Å². The van der Waals surface area contributed by atoms with Gasteiger partial charge in [-0.25, -0.2) is 14.1 Å². The molecule has 1 aliphatic carbocycles. The monoisotopic (exact) mass is 295 g/mol. The molecule has 1 atom stereocenters. The number of benzene rings is 1. The Morgan fingerprint density at radius 1 is 1.35 bits per heavy atom. The Labute approximate surface area is 121 Å². The first kappa shape index (κ1) is 13.5. The number of alkyl halides is 1. The predicted molar refractivity (Wildman–Crippen MR) is 73.2 cm³/mol. The van der Waals surface area contributed by atoms with E-state index in [1.165, 1.54) is 17.3 Å². The standard InChI is InChI=1S/C14H15ClFN3O/c15-12-3-1-11(2-4-12)7-14(20,13(16)5-6-13)8-19-10-17-9-18-19/h1-4,9-10,20H,5-8H2. The summed E-state index contributed by atoms with van der Waals surface area (Å²) >= 11 is 5.84. The largest absolute Gasteiger partial charge is 0.384 e. The number of rotatable bonds is 5. The Morgan fingerprint density at radius 2 is 2.05 bits per heavy atom. The van der Waals surface area contributed by atoms with E-state index in [4.69, 9.17) is 11.6 Å². The molecule has 20 heavy (non-hydrogen) atoms. The highest BCUT2D eigenvalue weighted by atomic mass is 35.5. The Kier molecular flexibility index (Phi) is 3.26. The average Bonchev–Trinajstić information content (AvgIpc) is 2.98. The van der Waals surface area contributed by atoms with Crippen LogP contribution in [0.2, 0.25) is 5.02 Å². The number of hydrogen-bond donors (Lipinski definition) is 1. The Hall–Kier alpha value is -1.46. The first-order chi connectivity index (χ1) is 9.51. The van der Waals surface area contributed by atoms with Crippen molar-refractivity contribution in [2.75, 3.05) is 0 Å². The molecule has 1 N–H and O–H groups in total. The van der Waals surface area contributed by atoms with Gasteiger partial charge in [-0.05, 0) is 30.5 Å². The molecule has 1 aromatic carbocycles. The summed E-state index contributed by atoms with van der Waals surface area (Å²) in [4.78, 5) is 3.83. The van der Waals surface area contributed by atoms with Gasteiger partial charge in [0.25, 0.3) is 0 Å². The van der Waals surface area contributed by atoms with Crippen molar-refractivity contribution in [3.63, 3.8) is 0 Å². The lowest BCUT2D eigenvalue weighted by atomic mass is 9.88. The molecule has 1 aliphatic rings. The summed E-state index contributed by atoms with van der Waals surface area (Å²) in [6.07, 6.45) is 3.84. The first-order valence-corrected chi connectivity index (χ1v) is 6.87. The topological polar surface area (TPSA) is 50.9 Å². The number of aliphatic hydroxyl groups is 1. The zero-order valence-corrected chi connectivity index (χ0v) is 11.6. The first-order valence-electron chi connectivity index (χ1n) is 6.49. The average molecular weight is 296 g/mol. The van der Waals surface area contributed by atoms with E-state index in [9.17, 15) is 9.50 Å². The zero-order chi connectivity index (χ0) is 14.2. The van der Waals surface area contributed by atoms with Crippen molar-refractivity contribution < 1.29 is 9.50 Å². The predicted octanol–water partition coefficient (Wildman–Crippen LogP) is 2.41. The highest BCUT2D eigenvalue weighted by Gasteiger charge is 2.60. The molecule has 106 valence electrons. The van der Waals surface area contributed by atoms with E-state index in [2.05, 4.69) is 10.1 Å². The smallest absolute Gasteiger partial charge is 0.141 e. The van der Waals surface area contributed by atoms with Crippen LogP contribution in [0.3, 0.4) is 0 Å². The fourth-order valence-electron chi connectivity index (χ4n) is 2.45. The molecular weight excluding hydrogens is 281 g/mol. The van der Waals surface area contributed by atoms with Crippen LogP contribution in [0.25, 0.3) is 0 Å². The SMILES string of the molecule is OC(Cc1ccc(Cl)cc1)(Cn1cncn1)C1(F)CC1. The third-order valence-electron chi connectivity index (χ3n) is 3.82. The van der Waals surface area contributed by atoms with Gasteiger partial charge in [-0.1, -0.05) is 23.7 Å². The van der Waals surface area contributed by atoms with Crippen LogP contribution in [-0.2, 0) is 13.0 Å². The van der Waals surface area contributed by atoms with E-state index >= 15 is 0 Å². The van der Waals surface area contributed by atoms with E-state index in [1.54, 1.807) is 24.3 Å². The maximum absolute atomic E-state index is 14.6. The van der Waals surface area contributed by atoms with Crippen molar-refractivity contribution in [1.29, 1.82) is 0 Å². The minimum atomic E-state index is -1.54. The normalized spacial score (nSPS) is 19.6. The van der Waals surface area contributed by atoms with Gasteiger partial charge in [0, 0.05) is 11.4 Å². The third kappa shape index (κ3) is 2.55. The quantitative estimate of drug-likeness (QED) is 0.921. The lowest BCUT2D eigenvalue weighted by Gasteiger charge is -2.31. The second kappa shape index (κ2) is 4.82. The lowest BCUT2D eigenvalue weighted by molar-refractivity contribution is -0.0652. The highest BCUT2D eigenvalue weighted by Crippen LogP contribution is 2.50. The second-order valence-electron chi connectivity index (χ2n) is 5.39. The summed E-state index contributed by atoms with van der Waals surface area (Å²) in [6, 6.07) is 7.09. The van der Waals surface area contributed by atoms with Crippen LogP contribution >= 0.6 is 11.6 Å².